The van der Waals surface area contributed by atoms with E-state index >= 15 is 0 Å². The van der Waals surface area contributed by atoms with Crippen LogP contribution in [-0.2, 0) is 12.8 Å². The van der Waals surface area contributed by atoms with Gasteiger partial charge in [0.05, 0.1) is 12.8 Å². The van der Waals surface area contributed by atoms with Crippen LogP contribution in [0.1, 0.15) is 11.1 Å². The Hall–Kier alpha value is -3.61. The van der Waals surface area contributed by atoms with Crippen molar-refractivity contribution in [1.29, 1.82) is 0 Å². The van der Waals surface area contributed by atoms with E-state index in [9.17, 15) is 4.79 Å². The van der Waals surface area contributed by atoms with Crippen LogP contribution in [0.3, 0.4) is 0 Å². The summed E-state index contributed by atoms with van der Waals surface area (Å²) in [6.07, 6.45) is 3.73. The number of benzene rings is 2. The number of ether oxygens (including phenoxy) is 1. The Balaban J connectivity index is 1.60. The molecule has 4 N–H and O–H groups in total. The number of nitrogens with one attached hydrogen (secondary N) is 2. The molecule has 0 unspecified atom stereocenters. The number of fused-ring (bicyclic) bond motifs is 3. The molecule has 0 saturated carbocycles. The number of primary amides is 1. The molecular weight excluding hydrogens is 342 g/mol. The van der Waals surface area contributed by atoms with E-state index in [4.69, 9.17) is 15.5 Å². The number of carbonyl (C=O) groups is 1. The first-order valence-corrected chi connectivity index (χ1v) is 8.59. The fraction of sp³-hybridized carbons (Fsp3) is 0.150. The van der Waals surface area contributed by atoms with E-state index in [0.29, 0.717) is 11.6 Å². The molecule has 4 rings (SSSR count). The van der Waals surface area contributed by atoms with Gasteiger partial charge in [-0.3, -0.25) is 0 Å². The smallest absolute Gasteiger partial charge is 0.316 e. The molecule has 0 saturated heterocycles. The quantitative estimate of drug-likeness (QED) is 0.660. The number of urea groups is 1. The van der Waals surface area contributed by atoms with Crippen molar-refractivity contribution in [3.05, 3.63) is 59.8 Å². The Morgan fingerprint density at radius 1 is 1.07 bits per heavy atom. The molecule has 7 nitrogen and oxygen atoms in total. The van der Waals surface area contributed by atoms with Gasteiger partial charge in [0.1, 0.15) is 5.75 Å². The van der Waals surface area contributed by atoms with Crippen LogP contribution in [0.15, 0.2) is 48.7 Å². The monoisotopic (exact) mass is 361 g/mol. The van der Waals surface area contributed by atoms with Gasteiger partial charge in [-0.05, 0) is 66.4 Å². The van der Waals surface area contributed by atoms with Crippen LogP contribution in [0.2, 0.25) is 0 Å². The summed E-state index contributed by atoms with van der Waals surface area (Å²) in [6.45, 7) is 0. The lowest BCUT2D eigenvalue weighted by atomic mass is 9.90. The van der Waals surface area contributed by atoms with E-state index in [1.165, 1.54) is 5.56 Å². The van der Waals surface area contributed by atoms with Crippen molar-refractivity contribution in [3.63, 3.8) is 0 Å². The van der Waals surface area contributed by atoms with Crippen molar-refractivity contribution in [2.75, 3.05) is 17.7 Å². The number of anilines is 3. The van der Waals surface area contributed by atoms with Crippen molar-refractivity contribution in [2.45, 2.75) is 12.8 Å². The molecule has 1 aliphatic carbocycles. The molecule has 0 radical (unpaired) electrons. The summed E-state index contributed by atoms with van der Waals surface area (Å²) < 4.78 is 5.33. The predicted octanol–water partition coefficient (Wildman–Crippen LogP) is 3.49. The van der Waals surface area contributed by atoms with Crippen LogP contribution < -0.4 is 21.1 Å². The van der Waals surface area contributed by atoms with E-state index in [2.05, 4.69) is 21.7 Å². The van der Waals surface area contributed by atoms with E-state index in [1.54, 1.807) is 19.2 Å². The number of nitrogens with two attached hydrogens (primary N) is 1. The standard InChI is InChI=1S/C20H19N5O2/c1-27-16-8-9-17-12(10-16)2-3-13-11-22-20(25-18(13)17)24-15-6-4-14(5-7-15)23-19(21)26/h4-11H,2-3H2,1H3,(H3,21,23,26)(H,22,24,25). The summed E-state index contributed by atoms with van der Waals surface area (Å²) in [6, 6.07) is 12.6. The molecular formula is C20H19N5O2. The summed E-state index contributed by atoms with van der Waals surface area (Å²) >= 11 is 0. The second kappa shape index (κ2) is 6.95. The second-order valence-corrected chi connectivity index (χ2v) is 6.28. The molecule has 0 fully saturated rings. The summed E-state index contributed by atoms with van der Waals surface area (Å²) in [7, 11) is 1.67. The number of aromatic nitrogens is 2. The van der Waals surface area contributed by atoms with E-state index in [0.717, 1.165) is 41.1 Å². The zero-order valence-corrected chi connectivity index (χ0v) is 14.8. The number of carbonyl (C=O) groups excluding carboxylic acids is 1. The first-order valence-electron chi connectivity index (χ1n) is 8.59. The Labute approximate surface area is 156 Å². The number of rotatable bonds is 4. The molecule has 0 bridgehead atoms. The molecule has 1 aliphatic rings. The zero-order valence-electron chi connectivity index (χ0n) is 14.8. The van der Waals surface area contributed by atoms with Gasteiger partial charge < -0.3 is 21.1 Å². The minimum atomic E-state index is -0.593. The van der Waals surface area contributed by atoms with Crippen LogP contribution in [0.4, 0.5) is 22.1 Å². The van der Waals surface area contributed by atoms with Gasteiger partial charge in [-0.25, -0.2) is 14.8 Å². The molecule has 136 valence electrons. The number of nitrogens with zero attached hydrogens (tertiary/aromatic N) is 2. The van der Waals surface area contributed by atoms with Crippen molar-refractivity contribution in [3.8, 4) is 17.0 Å². The molecule has 0 aliphatic heterocycles. The summed E-state index contributed by atoms with van der Waals surface area (Å²) in [5.41, 5.74) is 11.0. The number of hydrogen-bond donors (Lipinski definition) is 3. The number of amides is 2. The predicted molar refractivity (Wildman–Crippen MR) is 104 cm³/mol. The highest BCUT2D eigenvalue weighted by Gasteiger charge is 2.19. The molecule has 2 aromatic carbocycles. The van der Waals surface area contributed by atoms with Crippen LogP contribution in [0.25, 0.3) is 11.3 Å². The lowest BCUT2D eigenvalue weighted by molar-refractivity contribution is 0.259. The number of aryl methyl sites for hydroxylation is 2. The molecule has 7 heteroatoms. The third kappa shape index (κ3) is 3.52. The summed E-state index contributed by atoms with van der Waals surface area (Å²) in [5.74, 6) is 1.38. The van der Waals surface area contributed by atoms with E-state index < -0.39 is 6.03 Å². The van der Waals surface area contributed by atoms with E-state index in [1.807, 2.05) is 30.5 Å². The van der Waals surface area contributed by atoms with Crippen molar-refractivity contribution < 1.29 is 9.53 Å². The number of methoxy groups -OCH3 is 1. The molecule has 27 heavy (non-hydrogen) atoms. The SMILES string of the molecule is COc1ccc2c(c1)CCc1cnc(Nc3ccc(NC(N)=O)cc3)nc1-2. The highest BCUT2D eigenvalue weighted by atomic mass is 16.5. The van der Waals surface area contributed by atoms with Gasteiger partial charge in [0.15, 0.2) is 0 Å². The largest absolute Gasteiger partial charge is 0.497 e. The fourth-order valence-electron chi connectivity index (χ4n) is 3.20. The Morgan fingerprint density at radius 2 is 1.81 bits per heavy atom. The minimum Gasteiger partial charge on any atom is -0.497 e. The van der Waals surface area contributed by atoms with Crippen LogP contribution in [0, 0.1) is 0 Å². The maximum atomic E-state index is 10.9. The first kappa shape index (κ1) is 16.8. The maximum Gasteiger partial charge on any atom is 0.316 e. The summed E-state index contributed by atoms with van der Waals surface area (Å²) in [4.78, 5) is 20.0. The average molecular weight is 361 g/mol. The fourth-order valence-corrected chi connectivity index (χ4v) is 3.20. The third-order valence-corrected chi connectivity index (χ3v) is 4.50. The van der Waals surface area contributed by atoms with Gasteiger partial charge in [-0.15, -0.1) is 0 Å². The zero-order chi connectivity index (χ0) is 18.8. The van der Waals surface area contributed by atoms with Crippen molar-refractivity contribution in [2.24, 2.45) is 5.73 Å². The molecule has 1 aromatic heterocycles. The van der Waals surface area contributed by atoms with Crippen LogP contribution in [-0.4, -0.2) is 23.1 Å². The average Bonchev–Trinajstić information content (AvgIpc) is 2.68. The first-order chi connectivity index (χ1) is 13.1. The molecule has 1 heterocycles. The Kier molecular flexibility index (Phi) is 4.33. The maximum absolute atomic E-state index is 10.9. The molecule has 3 aromatic rings. The van der Waals surface area contributed by atoms with Crippen molar-refractivity contribution >= 4 is 23.4 Å². The molecule has 2 amide bonds. The molecule has 0 spiro atoms. The lowest BCUT2D eigenvalue weighted by Gasteiger charge is -2.20. The Bertz CT molecular complexity index is 1000. The van der Waals surface area contributed by atoms with Gasteiger partial charge in [-0.1, -0.05) is 0 Å². The van der Waals surface area contributed by atoms with Crippen LogP contribution in [0.5, 0.6) is 5.75 Å². The number of hydrogen-bond acceptors (Lipinski definition) is 5. The van der Waals surface area contributed by atoms with Gasteiger partial charge in [0.25, 0.3) is 0 Å². The van der Waals surface area contributed by atoms with Gasteiger partial charge in [0.2, 0.25) is 5.95 Å². The topological polar surface area (TPSA) is 102 Å². The normalized spacial score (nSPS) is 11.9. The summed E-state index contributed by atoms with van der Waals surface area (Å²) in [5, 5.41) is 5.72. The minimum absolute atomic E-state index is 0.521. The third-order valence-electron chi connectivity index (χ3n) is 4.50. The Morgan fingerprint density at radius 3 is 2.56 bits per heavy atom. The van der Waals surface area contributed by atoms with E-state index in [-0.39, 0.29) is 0 Å². The highest BCUT2D eigenvalue weighted by molar-refractivity contribution is 5.88. The van der Waals surface area contributed by atoms with Crippen molar-refractivity contribution in [1.82, 2.24) is 9.97 Å². The molecule has 0 atom stereocenters. The highest BCUT2D eigenvalue weighted by Crippen LogP contribution is 2.34. The van der Waals surface area contributed by atoms with Gasteiger partial charge in [0, 0.05) is 23.1 Å². The van der Waals surface area contributed by atoms with Crippen LogP contribution >= 0.6 is 0 Å². The lowest BCUT2D eigenvalue weighted by Crippen LogP contribution is -2.19. The van der Waals surface area contributed by atoms with Gasteiger partial charge >= 0.3 is 6.03 Å². The van der Waals surface area contributed by atoms with Gasteiger partial charge in [-0.2, -0.15) is 0 Å². The second-order valence-electron chi connectivity index (χ2n) is 6.28.